The average molecular weight is 466 g/mol. The minimum absolute atomic E-state index is 0.123. The molecule has 33 heavy (non-hydrogen) atoms. The van der Waals surface area contributed by atoms with E-state index in [2.05, 4.69) is 5.32 Å². The molecule has 0 atom stereocenters. The lowest BCUT2D eigenvalue weighted by atomic mass is 10.1. The molecule has 170 valence electrons. The van der Waals surface area contributed by atoms with Gasteiger partial charge in [0.15, 0.2) is 18.1 Å². The second-order valence-corrected chi connectivity index (χ2v) is 8.21. The molecule has 0 unspecified atom stereocenters. The summed E-state index contributed by atoms with van der Waals surface area (Å²) < 4.78 is 10.9. The molecule has 0 saturated carbocycles. The Morgan fingerprint density at radius 1 is 1.15 bits per heavy atom. The van der Waals surface area contributed by atoms with Crippen LogP contribution in [0, 0.1) is 25.2 Å². The van der Waals surface area contributed by atoms with Crippen molar-refractivity contribution in [2.75, 3.05) is 25.1 Å². The Kier molecular flexibility index (Phi) is 7.74. The van der Waals surface area contributed by atoms with E-state index in [0.29, 0.717) is 29.4 Å². The van der Waals surface area contributed by atoms with Gasteiger partial charge in [-0.2, -0.15) is 5.26 Å². The third-order valence-corrected chi connectivity index (χ3v) is 5.61. The number of rotatable bonds is 8. The minimum atomic E-state index is -0.538. The number of carbonyl (C=O) groups excluding carboxylic acids is 3. The van der Waals surface area contributed by atoms with Crippen molar-refractivity contribution in [2.24, 2.45) is 0 Å². The highest BCUT2D eigenvalue weighted by atomic mass is 32.2. The lowest BCUT2D eigenvalue weighted by molar-refractivity contribution is -0.127. The van der Waals surface area contributed by atoms with Gasteiger partial charge in [0.05, 0.1) is 11.5 Å². The molecule has 1 aliphatic heterocycles. The van der Waals surface area contributed by atoms with Gasteiger partial charge >= 0.3 is 0 Å². The Morgan fingerprint density at radius 2 is 1.94 bits per heavy atom. The Bertz CT molecular complexity index is 1170. The number of aryl methyl sites for hydroxylation is 2. The van der Waals surface area contributed by atoms with E-state index in [4.69, 9.17) is 14.7 Å². The van der Waals surface area contributed by atoms with E-state index in [-0.39, 0.29) is 18.1 Å². The number of nitrogens with zero attached hydrogens (tertiary/aromatic N) is 2. The number of amides is 3. The van der Waals surface area contributed by atoms with Crippen molar-refractivity contribution in [2.45, 2.75) is 20.8 Å². The zero-order chi connectivity index (χ0) is 24.0. The normalized spacial score (nSPS) is 14.4. The number of benzene rings is 2. The molecule has 1 fully saturated rings. The molecule has 2 aromatic rings. The maximum absolute atomic E-state index is 12.8. The van der Waals surface area contributed by atoms with Crippen molar-refractivity contribution in [3.63, 3.8) is 0 Å². The largest absolute Gasteiger partial charge is 0.490 e. The van der Waals surface area contributed by atoms with Gasteiger partial charge in [-0.1, -0.05) is 18.2 Å². The van der Waals surface area contributed by atoms with Crippen LogP contribution in [0.15, 0.2) is 41.3 Å². The molecule has 3 rings (SSSR count). The van der Waals surface area contributed by atoms with Crippen LogP contribution in [0.1, 0.15) is 23.6 Å². The maximum Gasteiger partial charge on any atom is 0.294 e. The van der Waals surface area contributed by atoms with Crippen LogP contribution >= 0.6 is 11.8 Å². The van der Waals surface area contributed by atoms with Crippen LogP contribution in [-0.4, -0.2) is 41.7 Å². The van der Waals surface area contributed by atoms with Gasteiger partial charge in [0, 0.05) is 5.69 Å². The molecule has 0 aromatic heterocycles. The second-order valence-electron chi connectivity index (χ2n) is 7.22. The lowest BCUT2D eigenvalue weighted by Gasteiger charge is -2.14. The average Bonchev–Trinajstić information content (AvgIpc) is 3.03. The van der Waals surface area contributed by atoms with Gasteiger partial charge in [-0.3, -0.25) is 19.3 Å². The van der Waals surface area contributed by atoms with Crippen LogP contribution in [0.4, 0.5) is 10.5 Å². The number of thioether (sulfide) groups is 1. The number of nitriles is 1. The van der Waals surface area contributed by atoms with E-state index in [9.17, 15) is 14.4 Å². The van der Waals surface area contributed by atoms with Gasteiger partial charge in [0.1, 0.15) is 12.6 Å². The molecule has 3 amide bonds. The van der Waals surface area contributed by atoms with Crippen LogP contribution in [0.2, 0.25) is 0 Å². The van der Waals surface area contributed by atoms with Crippen molar-refractivity contribution in [1.29, 1.82) is 5.26 Å². The van der Waals surface area contributed by atoms with Crippen molar-refractivity contribution in [3.05, 3.63) is 58.0 Å². The van der Waals surface area contributed by atoms with Crippen LogP contribution in [0.25, 0.3) is 6.08 Å². The van der Waals surface area contributed by atoms with E-state index >= 15 is 0 Å². The predicted molar refractivity (Wildman–Crippen MR) is 126 cm³/mol. The van der Waals surface area contributed by atoms with Crippen molar-refractivity contribution in [3.8, 4) is 17.6 Å². The fourth-order valence-electron chi connectivity index (χ4n) is 3.10. The van der Waals surface area contributed by atoms with Gasteiger partial charge in [-0.25, -0.2) is 0 Å². The highest BCUT2D eigenvalue weighted by molar-refractivity contribution is 8.18. The first-order valence-corrected chi connectivity index (χ1v) is 11.0. The van der Waals surface area contributed by atoms with Crippen molar-refractivity contribution < 1.29 is 23.9 Å². The van der Waals surface area contributed by atoms with Gasteiger partial charge in [0.2, 0.25) is 5.91 Å². The summed E-state index contributed by atoms with van der Waals surface area (Å²) in [6.45, 7) is 5.48. The Balaban J connectivity index is 1.74. The maximum atomic E-state index is 12.8. The van der Waals surface area contributed by atoms with Gasteiger partial charge in [-0.05, 0) is 73.5 Å². The smallest absolute Gasteiger partial charge is 0.294 e. The highest BCUT2D eigenvalue weighted by Gasteiger charge is 2.36. The molecule has 0 bridgehead atoms. The number of ether oxygens (including phenoxy) is 2. The van der Waals surface area contributed by atoms with Gasteiger partial charge < -0.3 is 14.8 Å². The van der Waals surface area contributed by atoms with E-state index in [1.165, 1.54) is 0 Å². The zero-order valence-electron chi connectivity index (χ0n) is 18.5. The summed E-state index contributed by atoms with van der Waals surface area (Å²) in [6, 6.07) is 12.5. The molecule has 2 aromatic carbocycles. The van der Waals surface area contributed by atoms with Crippen molar-refractivity contribution in [1.82, 2.24) is 4.90 Å². The molecule has 1 heterocycles. The minimum Gasteiger partial charge on any atom is -0.490 e. The summed E-state index contributed by atoms with van der Waals surface area (Å²) in [7, 11) is 0. The monoisotopic (exact) mass is 465 g/mol. The summed E-state index contributed by atoms with van der Waals surface area (Å²) in [5.41, 5.74) is 3.13. The summed E-state index contributed by atoms with van der Waals surface area (Å²) in [5, 5.41) is 11.0. The van der Waals surface area contributed by atoms with Gasteiger partial charge in [0.25, 0.3) is 11.1 Å². The molecule has 9 heteroatoms. The summed E-state index contributed by atoms with van der Waals surface area (Å²) >= 11 is 0.771. The van der Waals surface area contributed by atoms with Crippen molar-refractivity contribution >= 4 is 40.6 Å². The Labute approximate surface area is 196 Å². The molecule has 1 aliphatic rings. The Hall–Kier alpha value is -3.77. The number of nitrogens with one attached hydrogen (secondary N) is 1. The quantitative estimate of drug-likeness (QED) is 0.580. The first-order chi connectivity index (χ1) is 15.8. The molecule has 0 spiro atoms. The molecule has 0 aliphatic carbocycles. The van der Waals surface area contributed by atoms with E-state index < -0.39 is 17.1 Å². The zero-order valence-corrected chi connectivity index (χ0v) is 19.3. The Morgan fingerprint density at radius 3 is 2.67 bits per heavy atom. The van der Waals surface area contributed by atoms with Crippen LogP contribution in [0.5, 0.6) is 11.5 Å². The predicted octanol–water partition coefficient (Wildman–Crippen LogP) is 4.28. The highest BCUT2D eigenvalue weighted by Crippen LogP contribution is 2.34. The third kappa shape index (κ3) is 5.93. The number of hydrogen-bond donors (Lipinski definition) is 1. The molecular formula is C24H23N3O5S. The standard InChI is InChI=1S/C24H23N3O5S/c1-4-31-20-12-17(7-8-19(20)32-10-9-25)13-21-23(29)27(24(30)33-21)14-22(28)26-18-11-15(2)5-6-16(18)3/h5-8,11-13H,4,10,14H2,1-3H3,(H,26,28)/b21-13-. The van der Waals surface area contributed by atoms with Crippen LogP contribution in [0.3, 0.4) is 0 Å². The third-order valence-electron chi connectivity index (χ3n) is 4.70. The fraction of sp³-hybridized carbons (Fsp3) is 0.250. The summed E-state index contributed by atoms with van der Waals surface area (Å²) in [6.07, 6.45) is 1.56. The number of hydrogen-bond acceptors (Lipinski definition) is 7. The molecule has 0 radical (unpaired) electrons. The number of imide groups is 1. The first kappa shape index (κ1) is 23.9. The lowest BCUT2D eigenvalue weighted by Crippen LogP contribution is -2.36. The summed E-state index contributed by atoms with van der Waals surface area (Å²) in [4.78, 5) is 38.8. The van der Waals surface area contributed by atoms with E-state index in [0.717, 1.165) is 27.8 Å². The van der Waals surface area contributed by atoms with E-state index in [1.807, 2.05) is 45.0 Å². The first-order valence-electron chi connectivity index (χ1n) is 10.2. The molecule has 1 N–H and O–H groups in total. The number of anilines is 1. The number of carbonyl (C=O) groups is 3. The topological polar surface area (TPSA) is 109 Å². The second kappa shape index (κ2) is 10.7. The van der Waals surface area contributed by atoms with Crippen LogP contribution < -0.4 is 14.8 Å². The van der Waals surface area contributed by atoms with Gasteiger partial charge in [-0.15, -0.1) is 0 Å². The van der Waals surface area contributed by atoms with E-state index in [1.54, 1.807) is 24.3 Å². The van der Waals surface area contributed by atoms with Crippen LogP contribution in [-0.2, 0) is 9.59 Å². The molecule has 1 saturated heterocycles. The molecular weight excluding hydrogens is 442 g/mol. The SMILES string of the molecule is CCOc1cc(/C=C2\SC(=O)N(CC(=O)Nc3cc(C)ccc3C)C2=O)ccc1OCC#N. The molecule has 8 nitrogen and oxygen atoms in total. The summed E-state index contributed by atoms with van der Waals surface area (Å²) in [5.74, 6) is -0.158. The fourth-order valence-corrected chi connectivity index (χ4v) is 3.94.